The van der Waals surface area contributed by atoms with Crippen molar-refractivity contribution in [2.24, 2.45) is 5.73 Å². The second kappa shape index (κ2) is 9.27. The van der Waals surface area contributed by atoms with Gasteiger partial charge in [0.2, 0.25) is 5.91 Å². The molecule has 0 aromatic heterocycles. The van der Waals surface area contributed by atoms with Gasteiger partial charge in [-0.25, -0.2) is 0 Å². The van der Waals surface area contributed by atoms with Crippen molar-refractivity contribution >= 4 is 17.4 Å². The third-order valence-electron chi connectivity index (χ3n) is 3.56. The fourth-order valence-corrected chi connectivity index (χ4v) is 2.09. The number of nitrogens with one attached hydrogen (secondary N) is 1. The maximum absolute atomic E-state index is 12.1. The Balaban J connectivity index is 1.88. The molecule has 2 aromatic rings. The molecule has 0 aliphatic heterocycles. The van der Waals surface area contributed by atoms with E-state index in [1.807, 2.05) is 0 Å². The number of anilines is 1. The highest BCUT2D eigenvalue weighted by molar-refractivity contribution is 6.04. The first kappa shape index (κ1) is 18.3. The number of hydrogen-bond acceptors (Lipinski definition) is 4. The molecule has 5 nitrogen and oxygen atoms in total. The second-order valence-corrected chi connectivity index (χ2v) is 5.51. The Morgan fingerprint density at radius 3 is 2.28 bits per heavy atom. The lowest BCUT2D eigenvalue weighted by molar-refractivity contribution is 0.0999. The highest BCUT2D eigenvalue weighted by atomic mass is 16.5. The van der Waals surface area contributed by atoms with Gasteiger partial charge in [-0.15, -0.1) is 0 Å². The molecule has 2 rings (SSSR count). The van der Waals surface area contributed by atoms with Crippen molar-refractivity contribution in [3.63, 3.8) is 0 Å². The molecule has 0 saturated heterocycles. The molecular formula is C20H22N2O3. The second-order valence-electron chi connectivity index (χ2n) is 5.51. The van der Waals surface area contributed by atoms with Crippen molar-refractivity contribution < 1.29 is 14.3 Å². The van der Waals surface area contributed by atoms with E-state index in [1.165, 1.54) is 6.08 Å². The number of primary amides is 1. The number of unbranched alkanes of at least 4 members (excludes halogenated alkanes) is 1. The lowest BCUT2D eigenvalue weighted by atomic mass is 10.1. The third-order valence-corrected chi connectivity index (χ3v) is 3.56. The minimum absolute atomic E-state index is 0.110. The summed E-state index contributed by atoms with van der Waals surface area (Å²) < 4.78 is 5.57. The van der Waals surface area contributed by atoms with Crippen molar-refractivity contribution in [1.29, 1.82) is 0 Å². The van der Waals surface area contributed by atoms with Crippen LogP contribution in [0.5, 0.6) is 5.75 Å². The number of hydrogen-bond donors (Lipinski definition) is 2. The van der Waals surface area contributed by atoms with Crippen molar-refractivity contribution in [3.05, 3.63) is 71.9 Å². The Hall–Kier alpha value is -3.08. The fourth-order valence-electron chi connectivity index (χ4n) is 2.09. The fraction of sp³-hybridized carbons (Fsp3) is 0.200. The summed E-state index contributed by atoms with van der Waals surface area (Å²) in [6.07, 6.45) is 5.11. The zero-order valence-corrected chi connectivity index (χ0v) is 14.2. The average Bonchev–Trinajstić information content (AvgIpc) is 2.63. The van der Waals surface area contributed by atoms with Crippen LogP contribution in [0.4, 0.5) is 5.69 Å². The SMILES string of the molecule is CCCCOc1ccc(C(=O)/C=C/Nc2ccc(C(N)=O)cc2)cc1. The predicted octanol–water partition coefficient (Wildman–Crippen LogP) is 3.77. The van der Waals surface area contributed by atoms with Gasteiger partial charge in [0.05, 0.1) is 6.61 Å². The molecule has 0 atom stereocenters. The first-order chi connectivity index (χ1) is 12.1. The summed E-state index contributed by atoms with van der Waals surface area (Å²) in [5.74, 6) is 0.183. The van der Waals surface area contributed by atoms with Gasteiger partial charge in [-0.2, -0.15) is 0 Å². The maximum Gasteiger partial charge on any atom is 0.248 e. The monoisotopic (exact) mass is 338 g/mol. The van der Waals surface area contributed by atoms with Crippen molar-refractivity contribution in [2.75, 3.05) is 11.9 Å². The van der Waals surface area contributed by atoms with Crippen LogP contribution in [0, 0.1) is 0 Å². The van der Waals surface area contributed by atoms with Gasteiger partial charge in [-0.3, -0.25) is 9.59 Å². The van der Waals surface area contributed by atoms with E-state index in [2.05, 4.69) is 12.2 Å². The molecule has 0 bridgehead atoms. The average molecular weight is 338 g/mol. The van der Waals surface area contributed by atoms with Crippen LogP contribution >= 0.6 is 0 Å². The van der Waals surface area contributed by atoms with E-state index in [0.717, 1.165) is 24.3 Å². The van der Waals surface area contributed by atoms with Gasteiger partial charge in [0.25, 0.3) is 0 Å². The molecule has 0 saturated carbocycles. The van der Waals surface area contributed by atoms with Crippen molar-refractivity contribution in [3.8, 4) is 5.75 Å². The van der Waals surface area contributed by atoms with Crippen molar-refractivity contribution in [1.82, 2.24) is 0 Å². The largest absolute Gasteiger partial charge is 0.494 e. The number of rotatable bonds is 9. The first-order valence-electron chi connectivity index (χ1n) is 8.20. The lowest BCUT2D eigenvalue weighted by Gasteiger charge is -2.05. The van der Waals surface area contributed by atoms with Crippen LogP contribution in [0.25, 0.3) is 0 Å². The van der Waals surface area contributed by atoms with Crippen LogP contribution in [0.1, 0.15) is 40.5 Å². The summed E-state index contributed by atoms with van der Waals surface area (Å²) in [4.78, 5) is 23.1. The van der Waals surface area contributed by atoms with E-state index in [9.17, 15) is 9.59 Å². The van der Waals surface area contributed by atoms with Gasteiger partial charge >= 0.3 is 0 Å². The summed E-state index contributed by atoms with van der Waals surface area (Å²) in [6.45, 7) is 2.79. The number of allylic oxidation sites excluding steroid dienone is 1. The molecule has 0 heterocycles. The minimum Gasteiger partial charge on any atom is -0.494 e. The molecule has 0 fully saturated rings. The zero-order valence-electron chi connectivity index (χ0n) is 14.2. The summed E-state index contributed by atoms with van der Waals surface area (Å²) in [5, 5.41) is 2.98. The Labute approximate surface area is 147 Å². The number of carbonyl (C=O) groups is 2. The van der Waals surface area contributed by atoms with Gasteiger partial charge in [-0.05, 0) is 55.0 Å². The number of amides is 1. The Morgan fingerprint density at radius 2 is 1.68 bits per heavy atom. The summed E-state index contributed by atoms with van der Waals surface area (Å²) in [6, 6.07) is 13.8. The molecule has 25 heavy (non-hydrogen) atoms. The molecule has 0 aliphatic rings. The molecule has 1 amide bonds. The van der Waals surface area contributed by atoms with Gasteiger partial charge in [0, 0.05) is 29.1 Å². The summed E-state index contributed by atoms with van der Waals surface area (Å²) in [5.41, 5.74) is 6.97. The Kier molecular flexibility index (Phi) is 6.77. The molecule has 3 N–H and O–H groups in total. The summed E-state index contributed by atoms with van der Waals surface area (Å²) in [7, 11) is 0. The van der Waals surface area contributed by atoms with E-state index in [-0.39, 0.29) is 5.78 Å². The molecular weight excluding hydrogens is 316 g/mol. The maximum atomic E-state index is 12.1. The van der Waals surface area contributed by atoms with E-state index in [0.29, 0.717) is 17.7 Å². The van der Waals surface area contributed by atoms with E-state index >= 15 is 0 Å². The van der Waals surface area contributed by atoms with Crippen LogP contribution in [0.15, 0.2) is 60.8 Å². The van der Waals surface area contributed by atoms with E-state index in [1.54, 1.807) is 54.7 Å². The molecule has 5 heteroatoms. The molecule has 0 unspecified atom stereocenters. The minimum atomic E-state index is -0.473. The van der Waals surface area contributed by atoms with Crippen LogP contribution in [0.2, 0.25) is 0 Å². The number of carbonyl (C=O) groups excluding carboxylic acids is 2. The van der Waals surface area contributed by atoms with Gasteiger partial charge in [0.1, 0.15) is 5.75 Å². The molecule has 0 radical (unpaired) electrons. The zero-order chi connectivity index (χ0) is 18.1. The standard InChI is InChI=1S/C20H22N2O3/c1-2-3-14-25-18-10-6-15(7-11-18)19(23)12-13-22-17-8-4-16(5-9-17)20(21)24/h4-13,22H,2-3,14H2,1H3,(H2,21,24)/b13-12+. The Bertz CT molecular complexity index is 735. The lowest BCUT2D eigenvalue weighted by Crippen LogP contribution is -2.10. The Morgan fingerprint density at radius 1 is 1.04 bits per heavy atom. The molecule has 0 aliphatic carbocycles. The van der Waals surface area contributed by atoms with Crippen LogP contribution in [-0.2, 0) is 0 Å². The highest BCUT2D eigenvalue weighted by Gasteiger charge is 2.02. The predicted molar refractivity (Wildman–Crippen MR) is 98.9 cm³/mol. The normalized spacial score (nSPS) is 10.6. The van der Waals surface area contributed by atoms with E-state index in [4.69, 9.17) is 10.5 Å². The number of benzene rings is 2. The highest BCUT2D eigenvalue weighted by Crippen LogP contribution is 2.14. The molecule has 2 aromatic carbocycles. The number of ketones is 1. The van der Waals surface area contributed by atoms with Crippen LogP contribution in [0.3, 0.4) is 0 Å². The molecule has 130 valence electrons. The first-order valence-corrected chi connectivity index (χ1v) is 8.20. The summed E-state index contributed by atoms with van der Waals surface area (Å²) >= 11 is 0. The van der Waals surface area contributed by atoms with Gasteiger partial charge in [0.15, 0.2) is 5.78 Å². The van der Waals surface area contributed by atoms with Crippen molar-refractivity contribution in [2.45, 2.75) is 19.8 Å². The quantitative estimate of drug-likeness (QED) is 0.414. The third kappa shape index (κ3) is 5.80. The topological polar surface area (TPSA) is 81.4 Å². The van der Waals surface area contributed by atoms with Crippen LogP contribution < -0.4 is 15.8 Å². The van der Waals surface area contributed by atoms with E-state index < -0.39 is 5.91 Å². The number of nitrogens with two attached hydrogens (primary N) is 1. The van der Waals surface area contributed by atoms with Crippen LogP contribution in [-0.4, -0.2) is 18.3 Å². The van der Waals surface area contributed by atoms with Gasteiger partial charge in [-0.1, -0.05) is 13.3 Å². The van der Waals surface area contributed by atoms with Gasteiger partial charge < -0.3 is 15.8 Å². The molecule has 0 spiro atoms. The smallest absolute Gasteiger partial charge is 0.248 e. The number of ether oxygens (including phenoxy) is 1.